The maximum Gasteiger partial charge on any atom is 0.230 e. The number of hydrogen-bond acceptors (Lipinski definition) is 2. The zero-order chi connectivity index (χ0) is 14.4. The minimum Gasteiger partial charge on any atom is -0.491 e. The van der Waals surface area contributed by atoms with Crippen LogP contribution in [-0.2, 0) is 4.79 Å². The highest BCUT2D eigenvalue weighted by Crippen LogP contribution is 2.49. The van der Waals surface area contributed by atoms with E-state index in [0.29, 0.717) is 18.4 Å². The van der Waals surface area contributed by atoms with E-state index < -0.39 is 0 Å². The van der Waals surface area contributed by atoms with E-state index in [1.807, 2.05) is 11.0 Å². The normalized spacial score (nSPS) is 30.7. The second-order valence-electron chi connectivity index (χ2n) is 6.94. The highest BCUT2D eigenvalue weighted by atomic mass is 16.5. The van der Waals surface area contributed by atoms with E-state index in [4.69, 9.17) is 4.74 Å². The van der Waals surface area contributed by atoms with Gasteiger partial charge < -0.3 is 9.64 Å². The Morgan fingerprint density at radius 2 is 2.19 bits per heavy atom. The van der Waals surface area contributed by atoms with E-state index in [1.54, 1.807) is 0 Å². The molecule has 1 aromatic rings. The summed E-state index contributed by atoms with van der Waals surface area (Å²) in [7, 11) is 0. The zero-order valence-electron chi connectivity index (χ0n) is 12.7. The van der Waals surface area contributed by atoms with E-state index in [9.17, 15) is 4.79 Å². The van der Waals surface area contributed by atoms with Crippen molar-refractivity contribution in [3.8, 4) is 5.75 Å². The number of hydrogen-bond donors (Lipinski definition) is 0. The summed E-state index contributed by atoms with van der Waals surface area (Å²) in [6.07, 6.45) is 5.91. The molecule has 1 aliphatic heterocycles. The van der Waals surface area contributed by atoms with Crippen molar-refractivity contribution in [3.63, 3.8) is 0 Å². The van der Waals surface area contributed by atoms with Gasteiger partial charge in [-0.2, -0.15) is 0 Å². The van der Waals surface area contributed by atoms with Crippen LogP contribution in [0.1, 0.15) is 37.7 Å². The fraction of sp³-hybridized carbons (Fsp3) is 0.611. The van der Waals surface area contributed by atoms with E-state index in [1.165, 1.54) is 24.8 Å². The SMILES string of the molecule is Cc1ccc2c(c1)N(C(=O)[C@H]1C[C@H]3CC[C@H]1C3)CCCO2. The summed E-state index contributed by atoms with van der Waals surface area (Å²) in [5, 5.41) is 0. The molecule has 0 saturated heterocycles. The van der Waals surface area contributed by atoms with Crippen LogP contribution < -0.4 is 9.64 Å². The second-order valence-corrected chi connectivity index (χ2v) is 6.94. The van der Waals surface area contributed by atoms with E-state index in [-0.39, 0.29) is 5.92 Å². The van der Waals surface area contributed by atoms with Crippen LogP contribution in [0, 0.1) is 24.7 Å². The lowest BCUT2D eigenvalue weighted by molar-refractivity contribution is -0.123. The zero-order valence-corrected chi connectivity index (χ0v) is 12.7. The number of nitrogens with zero attached hydrogens (tertiary/aromatic N) is 1. The predicted molar refractivity (Wildman–Crippen MR) is 82.6 cm³/mol. The molecule has 3 nitrogen and oxygen atoms in total. The van der Waals surface area contributed by atoms with Crippen molar-refractivity contribution in [2.75, 3.05) is 18.1 Å². The summed E-state index contributed by atoms with van der Waals surface area (Å²) in [6.45, 7) is 3.57. The van der Waals surface area contributed by atoms with Crippen molar-refractivity contribution in [2.45, 2.75) is 39.0 Å². The minimum atomic E-state index is 0.259. The Bertz CT molecular complexity index is 568. The van der Waals surface area contributed by atoms with Gasteiger partial charge in [0.2, 0.25) is 5.91 Å². The molecule has 112 valence electrons. The fourth-order valence-electron chi connectivity index (χ4n) is 4.46. The van der Waals surface area contributed by atoms with Gasteiger partial charge in [0, 0.05) is 12.5 Å². The number of rotatable bonds is 1. The average molecular weight is 285 g/mol. The van der Waals surface area contributed by atoms with Crippen LogP contribution >= 0.6 is 0 Å². The molecule has 0 unspecified atom stereocenters. The molecule has 3 atom stereocenters. The number of ether oxygens (including phenoxy) is 1. The molecule has 3 aliphatic rings. The molecule has 0 N–H and O–H groups in total. The Balaban J connectivity index is 1.65. The van der Waals surface area contributed by atoms with Gasteiger partial charge in [-0.05, 0) is 62.1 Å². The van der Waals surface area contributed by atoms with Crippen molar-refractivity contribution in [1.82, 2.24) is 0 Å². The lowest BCUT2D eigenvalue weighted by Crippen LogP contribution is -2.38. The molecule has 0 spiro atoms. The second kappa shape index (κ2) is 5.04. The summed E-state index contributed by atoms with van der Waals surface area (Å²) in [4.78, 5) is 15.1. The first kappa shape index (κ1) is 13.2. The third kappa shape index (κ3) is 2.23. The van der Waals surface area contributed by atoms with Gasteiger partial charge in [-0.1, -0.05) is 12.5 Å². The first-order valence-corrected chi connectivity index (χ1v) is 8.27. The van der Waals surface area contributed by atoms with Gasteiger partial charge in [0.25, 0.3) is 0 Å². The van der Waals surface area contributed by atoms with Gasteiger partial charge in [-0.3, -0.25) is 4.79 Å². The van der Waals surface area contributed by atoms with Crippen molar-refractivity contribution >= 4 is 11.6 Å². The van der Waals surface area contributed by atoms with Gasteiger partial charge >= 0.3 is 0 Å². The van der Waals surface area contributed by atoms with Crippen LogP contribution in [0.3, 0.4) is 0 Å². The van der Waals surface area contributed by atoms with Crippen LogP contribution in [-0.4, -0.2) is 19.1 Å². The average Bonchev–Trinajstić information content (AvgIpc) is 3.05. The number of aryl methyl sites for hydroxylation is 1. The maximum atomic E-state index is 13.1. The van der Waals surface area contributed by atoms with Crippen LogP contribution in [0.4, 0.5) is 5.69 Å². The van der Waals surface area contributed by atoms with Crippen molar-refractivity contribution in [3.05, 3.63) is 23.8 Å². The highest BCUT2D eigenvalue weighted by molar-refractivity contribution is 5.97. The van der Waals surface area contributed by atoms with Crippen molar-refractivity contribution in [2.24, 2.45) is 17.8 Å². The molecular weight excluding hydrogens is 262 g/mol. The summed E-state index contributed by atoms with van der Waals surface area (Å²) in [5.41, 5.74) is 2.17. The molecular formula is C18H23NO2. The number of fused-ring (bicyclic) bond motifs is 3. The van der Waals surface area contributed by atoms with Crippen LogP contribution in [0.15, 0.2) is 18.2 Å². The van der Waals surface area contributed by atoms with E-state index in [2.05, 4.69) is 19.1 Å². The molecule has 2 saturated carbocycles. The van der Waals surface area contributed by atoms with E-state index in [0.717, 1.165) is 36.7 Å². The largest absolute Gasteiger partial charge is 0.491 e. The number of amides is 1. The number of carbonyl (C=O) groups is 1. The molecule has 2 bridgehead atoms. The lowest BCUT2D eigenvalue weighted by atomic mass is 9.87. The first-order valence-electron chi connectivity index (χ1n) is 8.27. The quantitative estimate of drug-likeness (QED) is 0.789. The summed E-state index contributed by atoms with van der Waals surface area (Å²) in [5.74, 6) is 2.92. The topological polar surface area (TPSA) is 29.5 Å². The van der Waals surface area contributed by atoms with Crippen LogP contribution in [0.2, 0.25) is 0 Å². The Kier molecular flexibility index (Phi) is 3.16. The van der Waals surface area contributed by atoms with Gasteiger partial charge in [-0.25, -0.2) is 0 Å². The van der Waals surface area contributed by atoms with Crippen LogP contribution in [0.25, 0.3) is 0 Å². The predicted octanol–water partition coefficient (Wildman–Crippen LogP) is 3.55. The molecule has 21 heavy (non-hydrogen) atoms. The Morgan fingerprint density at radius 1 is 1.29 bits per heavy atom. The molecule has 0 aromatic heterocycles. The van der Waals surface area contributed by atoms with Crippen molar-refractivity contribution in [1.29, 1.82) is 0 Å². The van der Waals surface area contributed by atoms with Gasteiger partial charge in [0.05, 0.1) is 12.3 Å². The molecule has 2 aliphatic carbocycles. The minimum absolute atomic E-state index is 0.259. The summed E-state index contributed by atoms with van der Waals surface area (Å²) < 4.78 is 5.81. The lowest BCUT2D eigenvalue weighted by Gasteiger charge is -2.29. The Morgan fingerprint density at radius 3 is 2.95 bits per heavy atom. The third-order valence-electron chi connectivity index (χ3n) is 5.51. The number of anilines is 1. The number of benzene rings is 1. The fourth-order valence-corrected chi connectivity index (χ4v) is 4.46. The first-order chi connectivity index (χ1) is 10.2. The van der Waals surface area contributed by atoms with Gasteiger partial charge in [0.15, 0.2) is 0 Å². The maximum absolute atomic E-state index is 13.1. The molecule has 3 heteroatoms. The van der Waals surface area contributed by atoms with Crippen LogP contribution in [0.5, 0.6) is 5.75 Å². The Hall–Kier alpha value is -1.51. The number of carbonyl (C=O) groups excluding carboxylic acids is 1. The Labute approximate surface area is 126 Å². The standard InChI is InChI=1S/C18H23NO2/c1-12-3-6-17-16(9-12)19(7-2-8-21-17)18(20)15-11-13-4-5-14(15)10-13/h3,6,9,13-15H,2,4-5,7-8,10-11H2,1H3/t13-,14-,15-/m0/s1. The van der Waals surface area contributed by atoms with Crippen molar-refractivity contribution < 1.29 is 9.53 Å². The monoisotopic (exact) mass is 285 g/mol. The molecule has 0 radical (unpaired) electrons. The molecule has 1 aromatic carbocycles. The van der Waals surface area contributed by atoms with Gasteiger partial charge in [-0.15, -0.1) is 0 Å². The summed E-state index contributed by atoms with van der Waals surface area (Å²) >= 11 is 0. The molecule has 2 fully saturated rings. The smallest absolute Gasteiger partial charge is 0.230 e. The molecule has 1 heterocycles. The van der Waals surface area contributed by atoms with E-state index >= 15 is 0 Å². The molecule has 4 rings (SSSR count). The molecule has 1 amide bonds. The summed E-state index contributed by atoms with van der Waals surface area (Å²) in [6, 6.07) is 6.17. The highest BCUT2D eigenvalue weighted by Gasteiger charge is 2.45. The van der Waals surface area contributed by atoms with Gasteiger partial charge in [0.1, 0.15) is 5.75 Å². The third-order valence-corrected chi connectivity index (χ3v) is 5.51.